The molecule has 0 unspecified atom stereocenters. The molecule has 2 aromatic rings. The van der Waals surface area contributed by atoms with Crippen molar-refractivity contribution in [3.63, 3.8) is 0 Å². The minimum Gasteiger partial charge on any atom is -0.467 e. The van der Waals surface area contributed by atoms with Crippen molar-refractivity contribution >= 4 is 5.91 Å². The van der Waals surface area contributed by atoms with Crippen molar-refractivity contribution in [1.82, 2.24) is 15.1 Å². The zero-order valence-electron chi connectivity index (χ0n) is 13.1. The first-order valence-corrected chi connectivity index (χ1v) is 8.33. The third kappa shape index (κ3) is 2.67. The number of carbonyl (C=O) groups excluding carboxylic acids is 1. The summed E-state index contributed by atoms with van der Waals surface area (Å²) in [6.07, 6.45) is 6.67. The van der Waals surface area contributed by atoms with E-state index in [9.17, 15) is 4.79 Å². The Morgan fingerprint density at radius 2 is 2.30 bits per heavy atom. The molecule has 1 amide bonds. The van der Waals surface area contributed by atoms with Crippen molar-refractivity contribution in [1.29, 1.82) is 0 Å². The van der Waals surface area contributed by atoms with Crippen LogP contribution in [0.25, 0.3) is 0 Å². The van der Waals surface area contributed by atoms with E-state index in [2.05, 4.69) is 10.2 Å². The average molecular weight is 315 g/mol. The Morgan fingerprint density at radius 1 is 1.35 bits per heavy atom. The number of furan rings is 1. The van der Waals surface area contributed by atoms with E-state index in [1.807, 2.05) is 17.0 Å². The minimum absolute atomic E-state index is 0.00291. The first-order valence-electron chi connectivity index (χ1n) is 8.33. The Morgan fingerprint density at radius 3 is 3.17 bits per heavy atom. The first kappa shape index (κ1) is 14.5. The Kier molecular flexibility index (Phi) is 3.91. The lowest BCUT2D eigenvalue weighted by atomic mass is 10.1. The number of amides is 1. The van der Waals surface area contributed by atoms with E-state index in [1.165, 1.54) is 0 Å². The van der Waals surface area contributed by atoms with Crippen LogP contribution in [-0.4, -0.2) is 34.2 Å². The van der Waals surface area contributed by atoms with Gasteiger partial charge in [-0.2, -0.15) is 5.10 Å². The Bertz CT molecular complexity index is 677. The van der Waals surface area contributed by atoms with E-state index in [1.54, 1.807) is 6.26 Å². The lowest BCUT2D eigenvalue weighted by Gasteiger charge is -2.28. The summed E-state index contributed by atoms with van der Waals surface area (Å²) >= 11 is 0. The van der Waals surface area contributed by atoms with Crippen LogP contribution in [0.3, 0.4) is 0 Å². The molecule has 6 heteroatoms. The number of ether oxygens (including phenoxy) is 1. The summed E-state index contributed by atoms with van der Waals surface area (Å²) in [5, 5.41) is 7.30. The topological polar surface area (TPSA) is 71.4 Å². The number of hydrogen-bond acceptors (Lipinski definition) is 4. The van der Waals surface area contributed by atoms with Crippen molar-refractivity contribution in [2.45, 2.75) is 44.8 Å². The second-order valence-corrected chi connectivity index (χ2v) is 6.21. The summed E-state index contributed by atoms with van der Waals surface area (Å²) < 4.78 is 11.1. The predicted molar refractivity (Wildman–Crippen MR) is 82.9 cm³/mol. The lowest BCUT2D eigenvalue weighted by Crippen LogP contribution is -2.35. The SMILES string of the molecule is O=C(c1n[nH]c2c1COCC2)N1CCCCC[C@H]1c1ccco1. The number of aromatic nitrogens is 2. The zero-order chi connectivity index (χ0) is 15.6. The number of fused-ring (bicyclic) bond motifs is 1. The minimum atomic E-state index is -0.0173. The van der Waals surface area contributed by atoms with Crippen molar-refractivity contribution in [3.05, 3.63) is 41.1 Å². The third-order valence-electron chi connectivity index (χ3n) is 4.78. The molecule has 23 heavy (non-hydrogen) atoms. The van der Waals surface area contributed by atoms with E-state index < -0.39 is 0 Å². The van der Waals surface area contributed by atoms with Gasteiger partial charge in [-0.15, -0.1) is 0 Å². The fourth-order valence-corrected chi connectivity index (χ4v) is 3.55. The van der Waals surface area contributed by atoms with E-state index >= 15 is 0 Å². The monoisotopic (exact) mass is 315 g/mol. The van der Waals surface area contributed by atoms with Gasteiger partial charge in [0, 0.05) is 24.2 Å². The molecule has 1 fully saturated rings. The van der Waals surface area contributed by atoms with Gasteiger partial charge in [0.1, 0.15) is 5.76 Å². The quantitative estimate of drug-likeness (QED) is 0.925. The normalized spacial score (nSPS) is 21.7. The Labute approximate surface area is 134 Å². The maximum Gasteiger partial charge on any atom is 0.275 e. The van der Waals surface area contributed by atoms with Crippen molar-refractivity contribution in [2.24, 2.45) is 0 Å². The van der Waals surface area contributed by atoms with Gasteiger partial charge in [0.05, 0.1) is 25.5 Å². The van der Waals surface area contributed by atoms with Crippen LogP contribution >= 0.6 is 0 Å². The molecular weight excluding hydrogens is 294 g/mol. The van der Waals surface area contributed by atoms with Crippen LogP contribution in [0.5, 0.6) is 0 Å². The van der Waals surface area contributed by atoms with Crippen LogP contribution in [-0.2, 0) is 17.8 Å². The number of aromatic amines is 1. The summed E-state index contributed by atoms with van der Waals surface area (Å²) in [5.74, 6) is 0.845. The van der Waals surface area contributed by atoms with Crippen LogP contribution < -0.4 is 0 Å². The molecule has 4 rings (SSSR count). The molecule has 4 heterocycles. The molecule has 0 aromatic carbocycles. The van der Waals surface area contributed by atoms with Gasteiger partial charge in [0.2, 0.25) is 0 Å². The van der Waals surface area contributed by atoms with Crippen molar-refractivity contribution in [2.75, 3.05) is 13.2 Å². The highest BCUT2D eigenvalue weighted by atomic mass is 16.5. The smallest absolute Gasteiger partial charge is 0.275 e. The molecular formula is C17H21N3O3. The maximum atomic E-state index is 13.1. The molecule has 2 aliphatic rings. The molecule has 1 N–H and O–H groups in total. The van der Waals surface area contributed by atoms with Gasteiger partial charge in [0.25, 0.3) is 5.91 Å². The van der Waals surface area contributed by atoms with E-state index in [4.69, 9.17) is 9.15 Å². The van der Waals surface area contributed by atoms with Gasteiger partial charge in [-0.25, -0.2) is 0 Å². The molecule has 1 atom stereocenters. The number of H-pyrrole nitrogens is 1. The van der Waals surface area contributed by atoms with Gasteiger partial charge in [-0.1, -0.05) is 12.8 Å². The number of nitrogens with one attached hydrogen (secondary N) is 1. The molecule has 0 spiro atoms. The Hall–Kier alpha value is -2.08. The molecule has 0 saturated carbocycles. The van der Waals surface area contributed by atoms with Crippen LogP contribution in [0.4, 0.5) is 0 Å². The van der Waals surface area contributed by atoms with Crippen LogP contribution in [0.15, 0.2) is 22.8 Å². The highest BCUT2D eigenvalue weighted by molar-refractivity contribution is 5.94. The molecule has 0 radical (unpaired) electrons. The number of nitrogens with zero attached hydrogens (tertiary/aromatic N) is 2. The standard InChI is InChI=1S/C17H21N3O3/c21-17(16-12-11-22-10-7-13(12)18-19-16)20-8-3-1-2-5-14(20)15-6-4-9-23-15/h4,6,9,14H,1-3,5,7-8,10-11H2,(H,18,19)/t14-/m0/s1. The zero-order valence-corrected chi connectivity index (χ0v) is 13.1. The van der Waals surface area contributed by atoms with Crippen molar-refractivity contribution in [3.8, 4) is 0 Å². The predicted octanol–water partition coefficient (Wildman–Crippen LogP) is 2.83. The molecule has 0 aliphatic carbocycles. The largest absolute Gasteiger partial charge is 0.467 e. The molecule has 2 aromatic heterocycles. The Balaban J connectivity index is 1.66. The van der Waals surface area contributed by atoms with E-state index in [0.717, 1.165) is 55.7 Å². The summed E-state index contributed by atoms with van der Waals surface area (Å²) in [4.78, 5) is 15.1. The average Bonchev–Trinajstić information content (AvgIpc) is 3.19. The molecule has 1 saturated heterocycles. The van der Waals surface area contributed by atoms with Crippen LogP contribution in [0.2, 0.25) is 0 Å². The second-order valence-electron chi connectivity index (χ2n) is 6.21. The highest BCUT2D eigenvalue weighted by Gasteiger charge is 2.33. The number of carbonyl (C=O) groups is 1. The van der Waals surface area contributed by atoms with Gasteiger partial charge in [-0.3, -0.25) is 9.89 Å². The summed E-state index contributed by atoms with van der Waals surface area (Å²) in [5.41, 5.74) is 2.46. The lowest BCUT2D eigenvalue weighted by molar-refractivity contribution is 0.0641. The first-order chi connectivity index (χ1) is 11.3. The number of likely N-dealkylation sites (tertiary alicyclic amines) is 1. The fraction of sp³-hybridized carbons (Fsp3) is 0.529. The molecule has 2 aliphatic heterocycles. The third-order valence-corrected chi connectivity index (χ3v) is 4.78. The van der Waals surface area contributed by atoms with Gasteiger partial charge in [-0.05, 0) is 25.0 Å². The van der Waals surface area contributed by atoms with Crippen LogP contribution in [0, 0.1) is 0 Å². The maximum absolute atomic E-state index is 13.1. The van der Waals surface area contributed by atoms with Gasteiger partial charge >= 0.3 is 0 Å². The summed E-state index contributed by atoms with van der Waals surface area (Å²) in [7, 11) is 0. The van der Waals surface area contributed by atoms with Crippen molar-refractivity contribution < 1.29 is 13.9 Å². The second kappa shape index (κ2) is 6.20. The summed E-state index contributed by atoms with van der Waals surface area (Å²) in [6.45, 7) is 1.89. The fourth-order valence-electron chi connectivity index (χ4n) is 3.55. The van der Waals surface area contributed by atoms with E-state index in [-0.39, 0.29) is 11.9 Å². The highest BCUT2D eigenvalue weighted by Crippen LogP contribution is 2.32. The molecule has 6 nitrogen and oxygen atoms in total. The van der Waals surface area contributed by atoms with E-state index in [0.29, 0.717) is 18.9 Å². The van der Waals surface area contributed by atoms with Crippen LogP contribution in [0.1, 0.15) is 59.2 Å². The number of rotatable bonds is 2. The summed E-state index contributed by atoms with van der Waals surface area (Å²) in [6, 6.07) is 3.84. The number of hydrogen-bond donors (Lipinski definition) is 1. The van der Waals surface area contributed by atoms with Gasteiger partial charge < -0.3 is 14.1 Å². The molecule has 0 bridgehead atoms. The molecule has 122 valence electrons. The van der Waals surface area contributed by atoms with Gasteiger partial charge in [0.15, 0.2) is 5.69 Å².